The van der Waals surface area contributed by atoms with Crippen LogP contribution >= 0.6 is 22.9 Å². The molecule has 2 rings (SSSR count). The lowest BCUT2D eigenvalue weighted by Gasteiger charge is -2.00. The number of amides is 1. The van der Waals surface area contributed by atoms with E-state index in [0.29, 0.717) is 16.6 Å². The van der Waals surface area contributed by atoms with Gasteiger partial charge in [0.05, 0.1) is 5.69 Å². The Morgan fingerprint density at radius 1 is 1.44 bits per heavy atom. The Kier molecular flexibility index (Phi) is 4.33. The molecule has 0 aliphatic rings. The smallest absolute Gasteiger partial charge is 0.226 e. The SMILES string of the molecule is CCCC(=O)Nc1nc(-c2ccccc2Cl)cs1. The summed E-state index contributed by atoms with van der Waals surface area (Å²) < 4.78 is 0. The van der Waals surface area contributed by atoms with E-state index in [9.17, 15) is 4.79 Å². The van der Waals surface area contributed by atoms with E-state index in [4.69, 9.17) is 11.6 Å². The average Bonchev–Trinajstić information content (AvgIpc) is 2.78. The molecule has 18 heavy (non-hydrogen) atoms. The monoisotopic (exact) mass is 280 g/mol. The van der Waals surface area contributed by atoms with Crippen LogP contribution in [0.2, 0.25) is 5.02 Å². The predicted molar refractivity (Wildman–Crippen MR) is 76.1 cm³/mol. The summed E-state index contributed by atoms with van der Waals surface area (Å²) in [5.74, 6) is -0.00226. The number of rotatable bonds is 4. The van der Waals surface area contributed by atoms with Crippen LogP contribution in [0.25, 0.3) is 11.3 Å². The maximum Gasteiger partial charge on any atom is 0.226 e. The van der Waals surface area contributed by atoms with Crippen molar-refractivity contribution < 1.29 is 4.79 Å². The van der Waals surface area contributed by atoms with Crippen molar-refractivity contribution in [2.75, 3.05) is 5.32 Å². The van der Waals surface area contributed by atoms with Crippen LogP contribution in [0.15, 0.2) is 29.6 Å². The number of anilines is 1. The highest BCUT2D eigenvalue weighted by Gasteiger charge is 2.09. The maximum absolute atomic E-state index is 11.5. The van der Waals surface area contributed by atoms with Crippen molar-refractivity contribution in [1.29, 1.82) is 0 Å². The number of carbonyl (C=O) groups is 1. The van der Waals surface area contributed by atoms with Gasteiger partial charge in [0.1, 0.15) is 0 Å². The van der Waals surface area contributed by atoms with Crippen molar-refractivity contribution in [3.8, 4) is 11.3 Å². The second-order valence-corrected chi connectivity index (χ2v) is 5.08. The van der Waals surface area contributed by atoms with Gasteiger partial charge in [-0.2, -0.15) is 0 Å². The van der Waals surface area contributed by atoms with Crippen LogP contribution in [0.1, 0.15) is 19.8 Å². The number of benzene rings is 1. The Labute approximate surface area is 115 Å². The topological polar surface area (TPSA) is 42.0 Å². The van der Waals surface area contributed by atoms with E-state index in [0.717, 1.165) is 17.7 Å². The van der Waals surface area contributed by atoms with Crippen LogP contribution in [0.3, 0.4) is 0 Å². The van der Waals surface area contributed by atoms with Crippen LogP contribution in [0, 0.1) is 0 Å². The summed E-state index contributed by atoms with van der Waals surface area (Å²) >= 11 is 7.51. The van der Waals surface area contributed by atoms with Gasteiger partial charge in [-0.15, -0.1) is 11.3 Å². The lowest BCUT2D eigenvalue weighted by molar-refractivity contribution is -0.116. The summed E-state index contributed by atoms with van der Waals surface area (Å²) in [6.07, 6.45) is 1.34. The molecule has 0 aliphatic heterocycles. The Morgan fingerprint density at radius 3 is 2.94 bits per heavy atom. The van der Waals surface area contributed by atoms with Crippen LogP contribution in [0.5, 0.6) is 0 Å². The number of aromatic nitrogens is 1. The highest BCUT2D eigenvalue weighted by Crippen LogP contribution is 2.30. The van der Waals surface area contributed by atoms with Gasteiger partial charge >= 0.3 is 0 Å². The van der Waals surface area contributed by atoms with Gasteiger partial charge in [0.2, 0.25) is 5.91 Å². The molecule has 1 N–H and O–H groups in total. The molecule has 0 bridgehead atoms. The first-order chi connectivity index (χ1) is 8.70. The molecule has 1 aromatic heterocycles. The van der Waals surface area contributed by atoms with Crippen molar-refractivity contribution in [2.45, 2.75) is 19.8 Å². The molecule has 3 nitrogen and oxygen atoms in total. The van der Waals surface area contributed by atoms with Crippen molar-refractivity contribution in [3.05, 3.63) is 34.7 Å². The van der Waals surface area contributed by atoms with Crippen molar-refractivity contribution in [2.24, 2.45) is 0 Å². The van der Waals surface area contributed by atoms with E-state index in [2.05, 4.69) is 10.3 Å². The van der Waals surface area contributed by atoms with Crippen molar-refractivity contribution >= 4 is 34.0 Å². The third-order valence-electron chi connectivity index (χ3n) is 2.38. The lowest BCUT2D eigenvalue weighted by atomic mass is 10.2. The molecule has 0 saturated carbocycles. The van der Waals surface area contributed by atoms with E-state index >= 15 is 0 Å². The fourth-order valence-electron chi connectivity index (χ4n) is 1.53. The Balaban J connectivity index is 2.16. The largest absolute Gasteiger partial charge is 0.302 e. The zero-order valence-corrected chi connectivity index (χ0v) is 11.5. The number of nitrogens with zero attached hydrogens (tertiary/aromatic N) is 1. The van der Waals surface area contributed by atoms with Crippen LogP contribution in [-0.4, -0.2) is 10.9 Å². The molecule has 0 atom stereocenters. The van der Waals surface area contributed by atoms with Gasteiger partial charge in [-0.1, -0.05) is 36.7 Å². The number of carbonyl (C=O) groups excluding carboxylic acids is 1. The fourth-order valence-corrected chi connectivity index (χ4v) is 2.49. The molecule has 94 valence electrons. The van der Waals surface area contributed by atoms with Crippen LogP contribution < -0.4 is 5.32 Å². The summed E-state index contributed by atoms with van der Waals surface area (Å²) in [5, 5.41) is 5.95. The van der Waals surface area contributed by atoms with E-state index < -0.39 is 0 Å². The van der Waals surface area contributed by atoms with Gasteiger partial charge in [-0.05, 0) is 12.5 Å². The second kappa shape index (κ2) is 5.98. The van der Waals surface area contributed by atoms with Crippen LogP contribution in [-0.2, 0) is 4.79 Å². The molecule has 0 aliphatic carbocycles. The molecule has 1 amide bonds. The molecule has 0 spiro atoms. The molecule has 0 radical (unpaired) electrons. The van der Waals surface area contributed by atoms with Crippen LogP contribution in [0.4, 0.5) is 5.13 Å². The van der Waals surface area contributed by atoms with Crippen molar-refractivity contribution in [3.63, 3.8) is 0 Å². The minimum Gasteiger partial charge on any atom is -0.302 e. The first kappa shape index (κ1) is 13.1. The van der Waals surface area contributed by atoms with Gasteiger partial charge in [0.15, 0.2) is 5.13 Å². The summed E-state index contributed by atoms with van der Waals surface area (Å²) in [6.45, 7) is 1.97. The van der Waals surface area contributed by atoms with Gasteiger partial charge in [0, 0.05) is 22.4 Å². The summed E-state index contributed by atoms with van der Waals surface area (Å²) in [4.78, 5) is 15.8. The molecular weight excluding hydrogens is 268 g/mol. The van der Waals surface area contributed by atoms with E-state index in [1.807, 2.05) is 36.6 Å². The summed E-state index contributed by atoms with van der Waals surface area (Å²) in [5.41, 5.74) is 1.67. The number of halogens is 1. The number of hydrogen-bond donors (Lipinski definition) is 1. The minimum absolute atomic E-state index is 0.00226. The molecule has 2 aromatic rings. The molecular formula is C13H13ClN2OS. The van der Waals surface area contributed by atoms with Gasteiger partial charge in [-0.25, -0.2) is 4.98 Å². The fraction of sp³-hybridized carbons (Fsp3) is 0.231. The maximum atomic E-state index is 11.5. The number of thiazole rings is 1. The van der Waals surface area contributed by atoms with Gasteiger partial charge in [0.25, 0.3) is 0 Å². The highest BCUT2D eigenvalue weighted by atomic mass is 35.5. The predicted octanol–water partition coefficient (Wildman–Crippen LogP) is 4.20. The minimum atomic E-state index is -0.00226. The van der Waals surface area contributed by atoms with E-state index in [1.54, 1.807) is 0 Å². The lowest BCUT2D eigenvalue weighted by Crippen LogP contribution is -2.10. The quantitative estimate of drug-likeness (QED) is 0.912. The third-order valence-corrected chi connectivity index (χ3v) is 3.46. The van der Waals surface area contributed by atoms with Gasteiger partial charge < -0.3 is 5.32 Å². The van der Waals surface area contributed by atoms with Crippen molar-refractivity contribution in [1.82, 2.24) is 4.98 Å². The molecule has 1 aromatic carbocycles. The van der Waals surface area contributed by atoms with E-state index in [1.165, 1.54) is 11.3 Å². The average molecular weight is 281 g/mol. The van der Waals surface area contributed by atoms with E-state index in [-0.39, 0.29) is 5.91 Å². The molecule has 5 heteroatoms. The number of hydrogen-bond acceptors (Lipinski definition) is 3. The summed E-state index contributed by atoms with van der Waals surface area (Å²) in [6, 6.07) is 7.53. The highest BCUT2D eigenvalue weighted by molar-refractivity contribution is 7.14. The molecule has 1 heterocycles. The first-order valence-corrected chi connectivity index (χ1v) is 6.96. The molecule has 0 fully saturated rings. The number of nitrogens with one attached hydrogen (secondary N) is 1. The Morgan fingerprint density at radius 2 is 2.22 bits per heavy atom. The first-order valence-electron chi connectivity index (χ1n) is 5.71. The summed E-state index contributed by atoms with van der Waals surface area (Å²) in [7, 11) is 0. The van der Waals surface area contributed by atoms with Gasteiger partial charge in [-0.3, -0.25) is 4.79 Å². The zero-order chi connectivity index (χ0) is 13.0. The standard InChI is InChI=1S/C13H13ClN2OS/c1-2-5-12(17)16-13-15-11(8-18-13)9-6-3-4-7-10(9)14/h3-4,6-8H,2,5H2,1H3,(H,15,16,17). The second-order valence-electron chi connectivity index (χ2n) is 3.82. The Hall–Kier alpha value is -1.39. The molecule has 0 saturated heterocycles. The Bertz CT molecular complexity index is 553. The zero-order valence-electron chi connectivity index (χ0n) is 9.94. The normalized spacial score (nSPS) is 10.3. The molecule has 0 unspecified atom stereocenters. The third kappa shape index (κ3) is 3.09.